The fourth-order valence-corrected chi connectivity index (χ4v) is 4.67. The number of halogens is 1. The Morgan fingerprint density at radius 3 is 2.58 bits per heavy atom. The fraction of sp³-hybridized carbons (Fsp3) is 0.400. The number of carbonyl (C=O) groups is 1. The molecule has 0 saturated carbocycles. The highest BCUT2D eigenvalue weighted by Gasteiger charge is 2.34. The van der Waals surface area contributed by atoms with Crippen LogP contribution in [-0.2, 0) is 9.84 Å². The Morgan fingerprint density at radius 1 is 1.33 bits per heavy atom. The van der Waals surface area contributed by atoms with Crippen molar-refractivity contribution in [2.75, 3.05) is 18.6 Å². The number of nitrogens with zero attached hydrogens (tertiary/aromatic N) is 4. The quantitative estimate of drug-likeness (QED) is 0.819. The zero-order chi connectivity index (χ0) is 17.5. The molecule has 24 heavy (non-hydrogen) atoms. The third kappa shape index (κ3) is 3.16. The monoisotopic (exact) mass is 368 g/mol. The summed E-state index contributed by atoms with van der Waals surface area (Å²) in [4.78, 5) is 14.1. The van der Waals surface area contributed by atoms with Crippen LogP contribution in [0.4, 0.5) is 0 Å². The maximum atomic E-state index is 12.7. The summed E-state index contributed by atoms with van der Waals surface area (Å²) in [5.74, 6) is -0.208. The van der Waals surface area contributed by atoms with E-state index in [0.29, 0.717) is 17.1 Å². The lowest BCUT2D eigenvalue weighted by atomic mass is 10.2. The first-order valence-corrected chi connectivity index (χ1v) is 9.64. The van der Waals surface area contributed by atoms with E-state index in [1.807, 2.05) is 0 Å². The lowest BCUT2D eigenvalue weighted by Gasteiger charge is -2.22. The van der Waals surface area contributed by atoms with Crippen LogP contribution in [0, 0.1) is 6.92 Å². The number of rotatable bonds is 3. The molecule has 1 atom stereocenters. The molecule has 3 rings (SSSR count). The van der Waals surface area contributed by atoms with Crippen molar-refractivity contribution in [2.24, 2.45) is 0 Å². The molecular weight excluding hydrogens is 352 g/mol. The number of hydrogen-bond acceptors (Lipinski definition) is 5. The number of aromatic nitrogens is 3. The first-order chi connectivity index (χ1) is 11.3. The lowest BCUT2D eigenvalue weighted by molar-refractivity contribution is 0.0741. The second-order valence-electron chi connectivity index (χ2n) is 5.88. The third-order valence-electron chi connectivity index (χ3n) is 4.24. The number of sulfone groups is 1. The van der Waals surface area contributed by atoms with Gasteiger partial charge in [-0.1, -0.05) is 16.8 Å². The smallest absolute Gasteiger partial charge is 0.276 e. The molecule has 1 aromatic carbocycles. The SMILES string of the molecule is Cc1c(C(=O)N(C)[C@H]2CCS(=O)(=O)C2)nnn1-c1ccc(Cl)cc1. The van der Waals surface area contributed by atoms with Crippen LogP contribution in [0.3, 0.4) is 0 Å². The highest BCUT2D eigenvalue weighted by atomic mass is 35.5. The molecule has 7 nitrogen and oxygen atoms in total. The van der Waals surface area contributed by atoms with Gasteiger partial charge in [0, 0.05) is 18.1 Å². The minimum atomic E-state index is -3.06. The summed E-state index contributed by atoms with van der Waals surface area (Å²) in [6.07, 6.45) is 0.453. The molecule has 2 heterocycles. The molecule has 0 unspecified atom stereocenters. The summed E-state index contributed by atoms with van der Waals surface area (Å²) >= 11 is 5.88. The Labute approximate surface area is 145 Å². The molecule has 1 aliphatic rings. The van der Waals surface area contributed by atoms with Crippen LogP contribution in [-0.4, -0.2) is 58.8 Å². The fourth-order valence-electron chi connectivity index (χ4n) is 2.77. The van der Waals surface area contributed by atoms with Crippen LogP contribution in [0.2, 0.25) is 5.02 Å². The molecular formula is C15H17ClN4O3S. The second kappa shape index (κ2) is 6.18. The van der Waals surface area contributed by atoms with Crippen molar-refractivity contribution in [3.8, 4) is 5.69 Å². The van der Waals surface area contributed by atoms with Gasteiger partial charge in [0.25, 0.3) is 5.91 Å². The molecule has 0 spiro atoms. The Bertz CT molecular complexity index is 877. The summed E-state index contributed by atoms with van der Waals surface area (Å²) < 4.78 is 24.8. The molecule has 1 fully saturated rings. The number of benzene rings is 1. The normalized spacial score (nSPS) is 19.4. The maximum Gasteiger partial charge on any atom is 0.276 e. The van der Waals surface area contributed by atoms with Gasteiger partial charge >= 0.3 is 0 Å². The van der Waals surface area contributed by atoms with Gasteiger partial charge in [-0.25, -0.2) is 13.1 Å². The highest BCUT2D eigenvalue weighted by molar-refractivity contribution is 7.91. The van der Waals surface area contributed by atoms with Crippen molar-refractivity contribution in [1.82, 2.24) is 19.9 Å². The van der Waals surface area contributed by atoms with E-state index < -0.39 is 9.84 Å². The van der Waals surface area contributed by atoms with Crippen molar-refractivity contribution in [3.05, 3.63) is 40.7 Å². The molecule has 0 N–H and O–H groups in total. The summed E-state index contributed by atoms with van der Waals surface area (Å²) in [5.41, 5.74) is 1.56. The van der Waals surface area contributed by atoms with Gasteiger partial charge < -0.3 is 4.90 Å². The molecule has 1 amide bonds. The predicted octanol–water partition coefficient (Wildman–Crippen LogP) is 1.49. The van der Waals surface area contributed by atoms with E-state index in [1.54, 1.807) is 42.9 Å². The zero-order valence-electron chi connectivity index (χ0n) is 13.3. The van der Waals surface area contributed by atoms with E-state index in [4.69, 9.17) is 11.6 Å². The van der Waals surface area contributed by atoms with Gasteiger partial charge in [-0.2, -0.15) is 0 Å². The van der Waals surface area contributed by atoms with E-state index in [9.17, 15) is 13.2 Å². The molecule has 128 valence electrons. The van der Waals surface area contributed by atoms with Crippen molar-refractivity contribution >= 4 is 27.3 Å². The molecule has 9 heteroatoms. The molecule has 0 bridgehead atoms. The van der Waals surface area contributed by atoms with Gasteiger partial charge in [-0.3, -0.25) is 4.79 Å². The number of carbonyl (C=O) groups excluding carboxylic acids is 1. The zero-order valence-corrected chi connectivity index (χ0v) is 14.9. The van der Waals surface area contributed by atoms with Crippen molar-refractivity contribution in [3.63, 3.8) is 0 Å². The second-order valence-corrected chi connectivity index (χ2v) is 8.55. The lowest BCUT2D eigenvalue weighted by Crippen LogP contribution is -2.38. The van der Waals surface area contributed by atoms with Crippen LogP contribution in [0.1, 0.15) is 22.6 Å². The van der Waals surface area contributed by atoms with E-state index >= 15 is 0 Å². The average molecular weight is 369 g/mol. The molecule has 1 aliphatic heterocycles. The Kier molecular flexibility index (Phi) is 4.35. The van der Waals surface area contributed by atoms with Crippen LogP contribution in [0.5, 0.6) is 0 Å². The van der Waals surface area contributed by atoms with Gasteiger partial charge in [0.05, 0.1) is 22.9 Å². The average Bonchev–Trinajstić information content (AvgIpc) is 3.09. The Hall–Kier alpha value is -1.93. The highest BCUT2D eigenvalue weighted by Crippen LogP contribution is 2.20. The first-order valence-electron chi connectivity index (χ1n) is 7.44. The molecule has 0 aliphatic carbocycles. The van der Waals surface area contributed by atoms with Crippen LogP contribution >= 0.6 is 11.6 Å². The van der Waals surface area contributed by atoms with Crippen molar-refractivity contribution in [1.29, 1.82) is 0 Å². The van der Waals surface area contributed by atoms with E-state index in [-0.39, 0.29) is 29.1 Å². The summed E-state index contributed by atoms with van der Waals surface area (Å²) in [7, 11) is -1.45. The predicted molar refractivity (Wildman–Crippen MR) is 90.3 cm³/mol. The van der Waals surface area contributed by atoms with E-state index in [1.165, 1.54) is 4.90 Å². The maximum absolute atomic E-state index is 12.7. The standard InChI is InChI=1S/C15H17ClN4O3S/c1-10-14(15(21)19(2)13-7-8-24(22,23)9-13)17-18-20(10)12-5-3-11(16)4-6-12/h3-6,13H,7-9H2,1-2H3/t13-/m0/s1. The van der Waals surface area contributed by atoms with Gasteiger partial charge in [0.15, 0.2) is 15.5 Å². The summed E-state index contributed by atoms with van der Waals surface area (Å²) in [6, 6.07) is 6.71. The number of amides is 1. The van der Waals surface area contributed by atoms with E-state index in [0.717, 1.165) is 5.69 Å². The molecule has 0 radical (unpaired) electrons. The minimum absolute atomic E-state index is 0.000388. The first kappa shape index (κ1) is 16.9. The van der Waals surface area contributed by atoms with Crippen molar-refractivity contribution in [2.45, 2.75) is 19.4 Å². The van der Waals surface area contributed by atoms with Crippen LogP contribution in [0.15, 0.2) is 24.3 Å². The topological polar surface area (TPSA) is 85.2 Å². The van der Waals surface area contributed by atoms with E-state index in [2.05, 4.69) is 10.3 Å². The summed E-state index contributed by atoms with van der Waals surface area (Å²) in [6.45, 7) is 1.75. The molecule has 1 saturated heterocycles. The minimum Gasteiger partial charge on any atom is -0.336 e. The van der Waals surface area contributed by atoms with Crippen LogP contribution < -0.4 is 0 Å². The number of hydrogen-bond donors (Lipinski definition) is 0. The largest absolute Gasteiger partial charge is 0.336 e. The third-order valence-corrected chi connectivity index (χ3v) is 6.25. The van der Waals surface area contributed by atoms with Gasteiger partial charge in [0.2, 0.25) is 0 Å². The molecule has 1 aromatic heterocycles. The van der Waals surface area contributed by atoms with Crippen LogP contribution in [0.25, 0.3) is 5.69 Å². The Balaban J connectivity index is 1.85. The van der Waals surface area contributed by atoms with Gasteiger partial charge in [0.1, 0.15) is 0 Å². The van der Waals surface area contributed by atoms with Crippen molar-refractivity contribution < 1.29 is 13.2 Å². The Morgan fingerprint density at radius 2 is 2.00 bits per heavy atom. The van der Waals surface area contributed by atoms with Gasteiger partial charge in [-0.05, 0) is 37.6 Å². The molecule has 2 aromatic rings. The van der Waals surface area contributed by atoms with Gasteiger partial charge in [-0.15, -0.1) is 5.10 Å². The summed E-state index contributed by atoms with van der Waals surface area (Å²) in [5, 5.41) is 8.62.